The van der Waals surface area contributed by atoms with E-state index in [9.17, 15) is 19.1 Å². The molecule has 5 nitrogen and oxygen atoms in total. The molecule has 0 radical (unpaired) electrons. The van der Waals surface area contributed by atoms with E-state index in [1.165, 1.54) is 30.3 Å². The predicted octanol–water partition coefficient (Wildman–Crippen LogP) is 7.14. The summed E-state index contributed by atoms with van der Waals surface area (Å²) >= 11 is 7.54. The summed E-state index contributed by atoms with van der Waals surface area (Å²) in [5.41, 5.74) is 1.94. The van der Waals surface area contributed by atoms with Gasteiger partial charge in [0.25, 0.3) is 0 Å². The number of ether oxygens (including phenoxy) is 1. The van der Waals surface area contributed by atoms with Crippen LogP contribution in [-0.4, -0.2) is 22.0 Å². The smallest absolute Gasteiger partial charge is 0.328 e. The van der Waals surface area contributed by atoms with E-state index in [1.807, 2.05) is 0 Å². The van der Waals surface area contributed by atoms with Crippen molar-refractivity contribution in [3.05, 3.63) is 92.6 Å². The number of phenols is 1. The molecule has 34 heavy (non-hydrogen) atoms. The normalized spacial score (nSPS) is 11.3. The number of carboxylic acid groups (broad SMARTS) is 1. The topological polar surface area (TPSA) is 83.8 Å². The average Bonchev–Trinajstić information content (AvgIpc) is 3.10. The minimum atomic E-state index is -1.08. The van der Waals surface area contributed by atoms with Crippen LogP contribution in [0.4, 0.5) is 4.39 Å². The van der Waals surface area contributed by atoms with Gasteiger partial charge in [-0.15, -0.1) is 11.3 Å². The summed E-state index contributed by atoms with van der Waals surface area (Å²) in [4.78, 5) is 24.6. The number of hydrogen-bond acceptors (Lipinski definition) is 5. The number of halogens is 2. The molecule has 1 aromatic heterocycles. The van der Waals surface area contributed by atoms with Gasteiger partial charge in [-0.2, -0.15) is 0 Å². The second kappa shape index (κ2) is 9.29. The number of benzene rings is 3. The fourth-order valence-electron chi connectivity index (χ4n) is 3.68. The third-order valence-corrected chi connectivity index (χ3v) is 6.57. The van der Waals surface area contributed by atoms with Crippen molar-refractivity contribution < 1.29 is 28.9 Å². The molecule has 0 fully saturated rings. The lowest BCUT2D eigenvalue weighted by Crippen LogP contribution is -2.06. The Morgan fingerprint density at radius 1 is 1.06 bits per heavy atom. The van der Waals surface area contributed by atoms with Crippen molar-refractivity contribution in [3.63, 3.8) is 0 Å². The highest BCUT2D eigenvalue weighted by molar-refractivity contribution is 7.21. The van der Waals surface area contributed by atoms with Crippen LogP contribution in [0.1, 0.15) is 31.9 Å². The number of thiophene rings is 1. The zero-order valence-electron chi connectivity index (χ0n) is 18.1. The molecule has 0 aliphatic heterocycles. The molecule has 1 heterocycles. The summed E-state index contributed by atoms with van der Waals surface area (Å²) in [5.74, 6) is -1.26. The molecule has 0 saturated carbocycles. The molecule has 0 aliphatic rings. The largest absolute Gasteiger partial charge is 0.508 e. The van der Waals surface area contributed by atoms with Gasteiger partial charge < -0.3 is 14.9 Å². The maximum absolute atomic E-state index is 13.8. The maximum Gasteiger partial charge on any atom is 0.328 e. The number of hydrogen-bond donors (Lipinski definition) is 2. The van der Waals surface area contributed by atoms with E-state index >= 15 is 0 Å². The van der Waals surface area contributed by atoms with Crippen LogP contribution in [0.25, 0.3) is 16.2 Å². The van der Waals surface area contributed by atoms with Crippen molar-refractivity contribution >= 4 is 50.9 Å². The summed E-state index contributed by atoms with van der Waals surface area (Å²) in [6.07, 6.45) is 2.39. The van der Waals surface area contributed by atoms with Crippen molar-refractivity contribution in [3.8, 4) is 17.2 Å². The number of aliphatic carboxylic acids is 1. The Bertz CT molecular complexity index is 1470. The molecular weight excluding hydrogens is 479 g/mol. The second-order valence-electron chi connectivity index (χ2n) is 7.65. The summed E-state index contributed by atoms with van der Waals surface area (Å²) < 4.78 is 20.6. The van der Waals surface area contributed by atoms with E-state index in [2.05, 4.69) is 0 Å². The molecule has 0 bridgehead atoms. The van der Waals surface area contributed by atoms with Gasteiger partial charge in [-0.25, -0.2) is 9.18 Å². The second-order valence-corrected chi connectivity index (χ2v) is 9.11. The van der Waals surface area contributed by atoms with Crippen LogP contribution in [0.2, 0.25) is 5.02 Å². The molecule has 4 rings (SSSR count). The highest BCUT2D eigenvalue weighted by Gasteiger charge is 2.25. The first kappa shape index (κ1) is 23.5. The highest BCUT2D eigenvalue weighted by Crippen LogP contribution is 2.44. The van der Waals surface area contributed by atoms with Gasteiger partial charge in [-0.05, 0) is 79.1 Å². The number of carboxylic acids is 1. The van der Waals surface area contributed by atoms with Gasteiger partial charge in [0.05, 0.1) is 5.02 Å². The van der Waals surface area contributed by atoms with E-state index in [-0.39, 0.29) is 32.9 Å². The molecule has 3 aromatic carbocycles. The molecule has 2 N–H and O–H groups in total. The SMILES string of the molecule is Cc1cc(F)cc(C)c1C(=O)c1sc2cc(O)ccc2c1Oc1ccc(/C=C/C(=O)O)cc1Cl. The van der Waals surface area contributed by atoms with E-state index in [1.54, 1.807) is 38.1 Å². The van der Waals surface area contributed by atoms with Crippen LogP contribution >= 0.6 is 22.9 Å². The van der Waals surface area contributed by atoms with E-state index in [0.29, 0.717) is 32.3 Å². The minimum Gasteiger partial charge on any atom is -0.508 e. The molecule has 8 heteroatoms. The van der Waals surface area contributed by atoms with Gasteiger partial charge >= 0.3 is 5.97 Å². The van der Waals surface area contributed by atoms with Crippen molar-refractivity contribution in [1.29, 1.82) is 0 Å². The fraction of sp³-hybridized carbons (Fsp3) is 0.0769. The van der Waals surface area contributed by atoms with Crippen molar-refractivity contribution in [2.75, 3.05) is 0 Å². The van der Waals surface area contributed by atoms with E-state index < -0.39 is 11.8 Å². The van der Waals surface area contributed by atoms with Crippen molar-refractivity contribution in [2.24, 2.45) is 0 Å². The van der Waals surface area contributed by atoms with Gasteiger partial charge in [0.15, 0.2) is 5.75 Å². The lowest BCUT2D eigenvalue weighted by Gasteiger charge is -2.12. The number of aromatic hydroxyl groups is 1. The molecule has 0 atom stereocenters. The molecule has 0 amide bonds. The van der Waals surface area contributed by atoms with Crippen LogP contribution in [0, 0.1) is 19.7 Å². The van der Waals surface area contributed by atoms with Gasteiger partial charge in [0.2, 0.25) is 5.78 Å². The van der Waals surface area contributed by atoms with Gasteiger partial charge in [-0.1, -0.05) is 17.7 Å². The third-order valence-electron chi connectivity index (χ3n) is 5.15. The zero-order valence-corrected chi connectivity index (χ0v) is 19.6. The first-order valence-corrected chi connectivity index (χ1v) is 11.3. The number of ketones is 1. The molecule has 0 spiro atoms. The van der Waals surface area contributed by atoms with Crippen LogP contribution in [0.3, 0.4) is 0 Å². The average molecular weight is 497 g/mol. The number of rotatable bonds is 6. The van der Waals surface area contributed by atoms with Gasteiger partial charge in [0, 0.05) is 21.7 Å². The van der Waals surface area contributed by atoms with Crippen LogP contribution < -0.4 is 4.74 Å². The minimum absolute atomic E-state index is 0.0426. The highest BCUT2D eigenvalue weighted by atomic mass is 35.5. The Balaban J connectivity index is 1.83. The lowest BCUT2D eigenvalue weighted by molar-refractivity contribution is -0.131. The van der Waals surface area contributed by atoms with Gasteiger partial charge in [0.1, 0.15) is 22.2 Å². The zero-order chi connectivity index (χ0) is 24.6. The summed E-state index contributed by atoms with van der Waals surface area (Å²) in [7, 11) is 0. The summed E-state index contributed by atoms with van der Waals surface area (Å²) in [6.45, 7) is 3.34. The molecule has 172 valence electrons. The molecule has 4 aromatic rings. The molecule has 0 unspecified atom stereocenters. The van der Waals surface area contributed by atoms with E-state index in [0.717, 1.165) is 17.4 Å². The monoisotopic (exact) mass is 496 g/mol. The predicted molar refractivity (Wildman–Crippen MR) is 131 cm³/mol. The Hall–Kier alpha value is -3.68. The Morgan fingerprint density at radius 2 is 1.76 bits per heavy atom. The first-order chi connectivity index (χ1) is 16.1. The van der Waals surface area contributed by atoms with Crippen LogP contribution in [-0.2, 0) is 4.79 Å². The fourth-order valence-corrected chi connectivity index (χ4v) is 5.01. The maximum atomic E-state index is 13.8. The molecule has 0 aliphatic carbocycles. The summed E-state index contributed by atoms with van der Waals surface area (Å²) in [6, 6.07) is 12.1. The molecular formula is C26H18ClFO5S. The van der Waals surface area contributed by atoms with Crippen molar-refractivity contribution in [1.82, 2.24) is 0 Å². The number of carbonyl (C=O) groups is 2. The van der Waals surface area contributed by atoms with Gasteiger partial charge in [-0.3, -0.25) is 4.79 Å². The number of aryl methyl sites for hydroxylation is 2. The van der Waals surface area contributed by atoms with E-state index in [4.69, 9.17) is 21.4 Å². The van der Waals surface area contributed by atoms with Crippen LogP contribution in [0.15, 0.2) is 54.6 Å². The first-order valence-electron chi connectivity index (χ1n) is 10.1. The number of phenolic OH excluding ortho intramolecular Hbond substituents is 1. The Kier molecular flexibility index (Phi) is 6.41. The number of fused-ring (bicyclic) bond motifs is 1. The van der Waals surface area contributed by atoms with Crippen molar-refractivity contribution in [2.45, 2.75) is 13.8 Å². The third kappa shape index (κ3) is 4.66. The molecule has 0 saturated heterocycles. The van der Waals surface area contributed by atoms with Crippen LogP contribution in [0.5, 0.6) is 17.2 Å². The number of carbonyl (C=O) groups excluding carboxylic acids is 1. The Labute approximate surface area is 203 Å². The lowest BCUT2D eigenvalue weighted by atomic mass is 9.97. The quantitative estimate of drug-likeness (QED) is 0.219. The Morgan fingerprint density at radius 3 is 2.41 bits per heavy atom. The summed E-state index contributed by atoms with van der Waals surface area (Å²) in [5, 5.41) is 19.6. The standard InChI is InChI=1S/C26H18ClFO5S/c1-13-9-16(28)10-14(2)23(13)24(32)26-25(18-6-5-17(29)12-21(18)34-26)33-20-7-3-15(11-19(20)27)4-8-22(30)31/h3-12,29H,1-2H3,(H,30,31)/b8-4+.